The number of benzene rings is 1. The molecule has 0 aliphatic heterocycles. The van der Waals surface area contributed by atoms with Crippen LogP contribution in [0.15, 0.2) is 23.2 Å². The minimum Gasteiger partial charge on any atom is -0.493 e. The maximum Gasteiger partial charge on any atom is 0.195 e. The van der Waals surface area contributed by atoms with Gasteiger partial charge in [0.2, 0.25) is 0 Å². The second kappa shape index (κ2) is 9.76. The van der Waals surface area contributed by atoms with Crippen molar-refractivity contribution in [2.45, 2.75) is 26.7 Å². The van der Waals surface area contributed by atoms with Gasteiger partial charge in [-0.1, -0.05) is 0 Å². The molecular weight excluding hydrogens is 393 g/mol. The highest BCUT2D eigenvalue weighted by molar-refractivity contribution is 14.0. The summed E-state index contributed by atoms with van der Waals surface area (Å²) < 4.78 is 10.9. The number of hydrogen-bond donors (Lipinski definition) is 2. The fourth-order valence-corrected chi connectivity index (χ4v) is 1.98. The molecule has 1 saturated carbocycles. The van der Waals surface area contributed by atoms with E-state index in [1.165, 1.54) is 12.8 Å². The molecule has 0 amide bonds. The minimum absolute atomic E-state index is 0. The summed E-state index contributed by atoms with van der Waals surface area (Å²) in [4.78, 5) is 4.61. The van der Waals surface area contributed by atoms with E-state index in [1.54, 1.807) is 7.11 Å². The molecule has 0 atom stereocenters. The number of guanidine groups is 1. The summed E-state index contributed by atoms with van der Waals surface area (Å²) in [5.41, 5.74) is 0.936. The van der Waals surface area contributed by atoms with Crippen LogP contribution in [0.1, 0.15) is 26.7 Å². The topological polar surface area (TPSA) is 54.9 Å². The second-order valence-corrected chi connectivity index (χ2v) is 5.09. The molecule has 0 aromatic heterocycles. The molecule has 5 nitrogen and oxygen atoms in total. The summed E-state index contributed by atoms with van der Waals surface area (Å²) in [6, 6.07) is 5.81. The quantitative estimate of drug-likeness (QED) is 0.404. The molecule has 6 heteroatoms. The van der Waals surface area contributed by atoms with E-state index in [2.05, 4.69) is 22.5 Å². The Morgan fingerprint density at radius 2 is 2.05 bits per heavy atom. The van der Waals surface area contributed by atoms with Crippen molar-refractivity contribution in [3.63, 3.8) is 0 Å². The van der Waals surface area contributed by atoms with Crippen LogP contribution in [-0.4, -0.2) is 32.8 Å². The summed E-state index contributed by atoms with van der Waals surface area (Å²) in [7, 11) is 1.65. The van der Waals surface area contributed by atoms with E-state index >= 15 is 0 Å². The molecule has 22 heavy (non-hydrogen) atoms. The van der Waals surface area contributed by atoms with Crippen molar-refractivity contribution in [2.75, 3.05) is 32.1 Å². The normalized spacial score (nSPS) is 14.0. The Bertz CT molecular complexity index is 490. The first-order chi connectivity index (χ1) is 10.3. The molecular formula is C16H26IN3O2. The third kappa shape index (κ3) is 5.90. The monoisotopic (exact) mass is 419 g/mol. The van der Waals surface area contributed by atoms with Crippen molar-refractivity contribution >= 4 is 35.6 Å². The molecule has 1 aliphatic carbocycles. The summed E-state index contributed by atoms with van der Waals surface area (Å²) in [5, 5.41) is 6.57. The van der Waals surface area contributed by atoms with E-state index in [1.807, 2.05) is 25.1 Å². The van der Waals surface area contributed by atoms with Gasteiger partial charge >= 0.3 is 0 Å². The molecule has 1 aliphatic rings. The molecule has 0 radical (unpaired) electrons. The number of hydrogen-bond acceptors (Lipinski definition) is 3. The van der Waals surface area contributed by atoms with Gasteiger partial charge < -0.3 is 20.1 Å². The molecule has 0 saturated heterocycles. The molecule has 124 valence electrons. The van der Waals surface area contributed by atoms with Crippen LogP contribution in [0.3, 0.4) is 0 Å². The largest absolute Gasteiger partial charge is 0.493 e. The van der Waals surface area contributed by atoms with E-state index in [0.29, 0.717) is 6.61 Å². The van der Waals surface area contributed by atoms with Crippen LogP contribution in [0.4, 0.5) is 5.69 Å². The van der Waals surface area contributed by atoms with Gasteiger partial charge in [0.15, 0.2) is 17.5 Å². The lowest BCUT2D eigenvalue weighted by molar-refractivity contribution is 0.311. The van der Waals surface area contributed by atoms with Crippen LogP contribution < -0.4 is 20.1 Å². The van der Waals surface area contributed by atoms with E-state index in [4.69, 9.17) is 9.47 Å². The number of nitrogens with one attached hydrogen (secondary N) is 2. The Labute approximate surface area is 149 Å². The zero-order chi connectivity index (χ0) is 15.1. The first-order valence-electron chi connectivity index (χ1n) is 7.63. The highest BCUT2D eigenvalue weighted by Gasteiger charge is 2.20. The van der Waals surface area contributed by atoms with Crippen molar-refractivity contribution in [1.29, 1.82) is 0 Å². The first-order valence-corrected chi connectivity index (χ1v) is 7.63. The van der Waals surface area contributed by atoms with Crippen LogP contribution in [-0.2, 0) is 0 Å². The molecule has 0 heterocycles. The van der Waals surface area contributed by atoms with Gasteiger partial charge in [0.05, 0.1) is 13.7 Å². The maximum absolute atomic E-state index is 5.52. The lowest BCUT2D eigenvalue weighted by Crippen LogP contribution is -2.30. The van der Waals surface area contributed by atoms with E-state index in [0.717, 1.165) is 42.2 Å². The summed E-state index contributed by atoms with van der Waals surface area (Å²) >= 11 is 0. The number of aliphatic imine (C=N–C) groups is 1. The Morgan fingerprint density at radius 3 is 2.64 bits per heavy atom. The van der Waals surface area contributed by atoms with Crippen LogP contribution in [0.2, 0.25) is 0 Å². The SMILES string of the molecule is CCNC(=NCC1CC1)Nc1ccc(OCC)c(OC)c1.I. The van der Waals surface area contributed by atoms with Crippen molar-refractivity contribution in [2.24, 2.45) is 10.9 Å². The van der Waals surface area contributed by atoms with Crippen LogP contribution in [0.25, 0.3) is 0 Å². The highest BCUT2D eigenvalue weighted by atomic mass is 127. The standard InChI is InChI=1S/C16H25N3O2.HI/c1-4-17-16(18-11-12-6-7-12)19-13-8-9-14(21-5-2)15(10-13)20-3;/h8-10,12H,4-7,11H2,1-3H3,(H2,17,18,19);1H. The highest BCUT2D eigenvalue weighted by Crippen LogP contribution is 2.30. The Kier molecular flexibility index (Phi) is 8.37. The molecule has 0 bridgehead atoms. The van der Waals surface area contributed by atoms with E-state index in [9.17, 15) is 0 Å². The Balaban J connectivity index is 0.00000242. The third-order valence-corrected chi connectivity index (χ3v) is 3.27. The Morgan fingerprint density at radius 1 is 1.27 bits per heavy atom. The van der Waals surface area contributed by atoms with Gasteiger partial charge in [-0.15, -0.1) is 24.0 Å². The van der Waals surface area contributed by atoms with Crippen molar-refractivity contribution in [3.05, 3.63) is 18.2 Å². The number of anilines is 1. The molecule has 1 fully saturated rings. The number of rotatable bonds is 7. The van der Waals surface area contributed by atoms with E-state index < -0.39 is 0 Å². The maximum atomic E-state index is 5.52. The number of halogens is 1. The van der Waals surface area contributed by atoms with Crippen LogP contribution >= 0.6 is 24.0 Å². The lowest BCUT2D eigenvalue weighted by Gasteiger charge is -2.14. The number of ether oxygens (including phenoxy) is 2. The third-order valence-electron chi connectivity index (χ3n) is 3.27. The predicted octanol–water partition coefficient (Wildman–Crippen LogP) is 3.50. The van der Waals surface area contributed by atoms with Gasteiger partial charge in [-0.3, -0.25) is 4.99 Å². The van der Waals surface area contributed by atoms with Gasteiger partial charge in [0.1, 0.15) is 0 Å². The van der Waals surface area contributed by atoms with Gasteiger partial charge in [-0.05, 0) is 44.7 Å². The number of nitrogens with zero attached hydrogens (tertiary/aromatic N) is 1. The van der Waals surface area contributed by atoms with Gasteiger partial charge in [0.25, 0.3) is 0 Å². The lowest BCUT2D eigenvalue weighted by atomic mass is 10.2. The smallest absolute Gasteiger partial charge is 0.195 e. The van der Waals surface area contributed by atoms with Crippen LogP contribution in [0, 0.1) is 5.92 Å². The predicted molar refractivity (Wildman–Crippen MR) is 102 cm³/mol. The van der Waals surface area contributed by atoms with Crippen molar-refractivity contribution in [1.82, 2.24) is 5.32 Å². The van der Waals surface area contributed by atoms with Gasteiger partial charge in [-0.2, -0.15) is 0 Å². The molecule has 0 spiro atoms. The minimum atomic E-state index is 0. The van der Waals surface area contributed by atoms with Crippen molar-refractivity contribution in [3.8, 4) is 11.5 Å². The average Bonchev–Trinajstić information content (AvgIpc) is 3.31. The second-order valence-electron chi connectivity index (χ2n) is 5.09. The molecule has 0 unspecified atom stereocenters. The van der Waals surface area contributed by atoms with Gasteiger partial charge in [0, 0.05) is 24.8 Å². The van der Waals surface area contributed by atoms with Crippen LogP contribution in [0.5, 0.6) is 11.5 Å². The zero-order valence-electron chi connectivity index (χ0n) is 13.5. The molecule has 2 N–H and O–H groups in total. The fourth-order valence-electron chi connectivity index (χ4n) is 1.98. The molecule has 1 aromatic carbocycles. The Hall–Kier alpha value is -1.18. The summed E-state index contributed by atoms with van der Waals surface area (Å²) in [6.07, 6.45) is 2.61. The van der Waals surface area contributed by atoms with E-state index in [-0.39, 0.29) is 24.0 Å². The van der Waals surface area contributed by atoms with Gasteiger partial charge in [-0.25, -0.2) is 0 Å². The molecule has 2 rings (SSSR count). The zero-order valence-corrected chi connectivity index (χ0v) is 15.8. The summed E-state index contributed by atoms with van der Waals surface area (Å²) in [5.74, 6) is 3.07. The molecule has 1 aromatic rings. The van der Waals surface area contributed by atoms with Crippen molar-refractivity contribution < 1.29 is 9.47 Å². The number of methoxy groups -OCH3 is 1. The first kappa shape index (κ1) is 18.9. The summed E-state index contributed by atoms with van der Waals surface area (Å²) in [6.45, 7) is 6.37. The average molecular weight is 419 g/mol. The fraction of sp³-hybridized carbons (Fsp3) is 0.562.